The molecule has 2 heterocycles. The first-order chi connectivity index (χ1) is 17.2. The third-order valence-corrected chi connectivity index (χ3v) is 5.87. The molecule has 190 valence electrons. The van der Waals surface area contributed by atoms with Crippen LogP contribution in [0, 0.1) is 0 Å². The third-order valence-electron chi connectivity index (χ3n) is 5.87. The van der Waals surface area contributed by atoms with Gasteiger partial charge in [-0.3, -0.25) is 9.59 Å². The van der Waals surface area contributed by atoms with E-state index >= 15 is 0 Å². The Hall–Kier alpha value is -4.25. The second kappa shape index (κ2) is 10.2. The summed E-state index contributed by atoms with van der Waals surface area (Å²) in [4.78, 5) is 37.7. The summed E-state index contributed by atoms with van der Waals surface area (Å²) >= 11 is 0. The molecule has 2 aliphatic rings. The molecule has 2 aromatic carbocycles. The number of amides is 1. The number of carbonyl (C=O) groups is 3. The minimum absolute atomic E-state index is 0.0308. The molecule has 0 radical (unpaired) electrons. The highest BCUT2D eigenvalue weighted by Crippen LogP contribution is 2.40. The van der Waals surface area contributed by atoms with Crippen LogP contribution in [0.1, 0.15) is 22.3 Å². The summed E-state index contributed by atoms with van der Waals surface area (Å²) in [6.45, 7) is -0.507. The van der Waals surface area contributed by atoms with Crippen molar-refractivity contribution in [3.63, 3.8) is 0 Å². The first-order valence-electron chi connectivity index (χ1n) is 11.0. The number of methoxy groups -OCH3 is 3. The van der Waals surface area contributed by atoms with Gasteiger partial charge in [-0.15, -0.1) is 0 Å². The molecule has 2 atom stereocenters. The SMILES string of the molecule is COc1cc(/C=C2/Oc3cc(OCC(=O)N4C[C@@H](O)C[C@H]4C(=O)O)ccc3C2=O)cc(OC)c1OC. The van der Waals surface area contributed by atoms with E-state index in [-0.39, 0.29) is 36.0 Å². The fraction of sp³-hybridized carbons (Fsp3) is 0.320. The number of hydrogen-bond acceptors (Lipinski definition) is 9. The van der Waals surface area contributed by atoms with E-state index in [0.717, 1.165) is 4.90 Å². The van der Waals surface area contributed by atoms with Crippen LogP contribution >= 0.6 is 0 Å². The third kappa shape index (κ3) is 4.78. The molecule has 2 aliphatic heterocycles. The molecule has 11 nitrogen and oxygen atoms in total. The summed E-state index contributed by atoms with van der Waals surface area (Å²) in [6.07, 6.45) is 0.615. The lowest BCUT2D eigenvalue weighted by Crippen LogP contribution is -2.42. The number of carboxylic acids is 1. The average molecular weight is 499 g/mol. The van der Waals surface area contributed by atoms with Gasteiger partial charge in [-0.05, 0) is 35.9 Å². The van der Waals surface area contributed by atoms with Crippen LogP contribution in [0.4, 0.5) is 0 Å². The van der Waals surface area contributed by atoms with Gasteiger partial charge in [0.25, 0.3) is 5.91 Å². The zero-order valence-corrected chi connectivity index (χ0v) is 19.8. The van der Waals surface area contributed by atoms with E-state index in [1.54, 1.807) is 18.2 Å². The number of carbonyl (C=O) groups excluding carboxylic acids is 2. The highest BCUT2D eigenvalue weighted by Gasteiger charge is 2.39. The van der Waals surface area contributed by atoms with E-state index in [4.69, 9.17) is 23.7 Å². The Morgan fingerprint density at radius 1 is 1.11 bits per heavy atom. The Labute approximate surface area is 206 Å². The monoisotopic (exact) mass is 499 g/mol. The van der Waals surface area contributed by atoms with E-state index < -0.39 is 30.6 Å². The van der Waals surface area contributed by atoms with Crippen molar-refractivity contribution < 1.29 is 48.3 Å². The van der Waals surface area contributed by atoms with E-state index in [0.29, 0.717) is 28.4 Å². The molecule has 11 heteroatoms. The van der Waals surface area contributed by atoms with E-state index in [2.05, 4.69) is 0 Å². The maximum absolute atomic E-state index is 12.9. The highest BCUT2D eigenvalue weighted by atomic mass is 16.5. The molecule has 1 fully saturated rings. The van der Waals surface area contributed by atoms with E-state index in [1.807, 2.05) is 0 Å². The molecule has 2 N–H and O–H groups in total. The normalized spacial score (nSPS) is 19.6. The molecule has 0 aliphatic carbocycles. The van der Waals surface area contributed by atoms with Crippen molar-refractivity contribution in [1.82, 2.24) is 4.90 Å². The zero-order chi connectivity index (χ0) is 26.0. The van der Waals surface area contributed by atoms with Gasteiger partial charge in [-0.1, -0.05) is 0 Å². The Bertz CT molecular complexity index is 1210. The molecule has 0 saturated carbocycles. The van der Waals surface area contributed by atoms with Crippen molar-refractivity contribution >= 4 is 23.7 Å². The molecule has 1 amide bonds. The summed E-state index contributed by atoms with van der Waals surface area (Å²) in [6, 6.07) is 6.77. The lowest BCUT2D eigenvalue weighted by molar-refractivity contribution is -0.148. The van der Waals surface area contributed by atoms with Gasteiger partial charge in [0.1, 0.15) is 17.5 Å². The van der Waals surface area contributed by atoms with Crippen LogP contribution in [0.5, 0.6) is 28.7 Å². The van der Waals surface area contributed by atoms with Crippen LogP contribution < -0.4 is 23.7 Å². The lowest BCUT2D eigenvalue weighted by Gasteiger charge is -2.21. The van der Waals surface area contributed by atoms with Crippen molar-refractivity contribution in [3.05, 3.63) is 47.2 Å². The standard InChI is InChI=1S/C25H25NO10/c1-32-20-7-13(8-21(33-2)24(20)34-3)6-19-23(29)16-5-4-15(10-18(16)36-19)35-12-22(28)26-11-14(27)9-17(26)25(30)31/h4-8,10,14,17,27H,9,11-12H2,1-3H3,(H,30,31)/b19-6+/t14-,17-/m0/s1. The van der Waals surface area contributed by atoms with Crippen LogP contribution in [0.25, 0.3) is 6.08 Å². The number of hydrogen-bond donors (Lipinski definition) is 2. The van der Waals surface area contributed by atoms with Crippen molar-refractivity contribution in [1.29, 1.82) is 0 Å². The number of aliphatic hydroxyl groups excluding tert-OH is 1. The van der Waals surface area contributed by atoms with Gasteiger partial charge >= 0.3 is 5.97 Å². The number of fused-ring (bicyclic) bond motifs is 1. The van der Waals surface area contributed by atoms with Crippen molar-refractivity contribution in [2.75, 3.05) is 34.5 Å². The fourth-order valence-electron chi connectivity index (χ4n) is 4.14. The van der Waals surface area contributed by atoms with Gasteiger partial charge in [0.2, 0.25) is 11.5 Å². The number of ketones is 1. The number of rotatable bonds is 8. The Morgan fingerprint density at radius 2 is 1.81 bits per heavy atom. The van der Waals surface area contributed by atoms with Crippen LogP contribution in [0.15, 0.2) is 36.1 Å². The Kier molecular flexibility index (Phi) is 7.02. The number of aliphatic carboxylic acids is 1. The molecule has 0 unspecified atom stereocenters. The molecule has 0 bridgehead atoms. The molecular weight excluding hydrogens is 474 g/mol. The van der Waals surface area contributed by atoms with Crippen LogP contribution in [-0.2, 0) is 9.59 Å². The van der Waals surface area contributed by atoms with Crippen molar-refractivity contribution in [2.24, 2.45) is 0 Å². The van der Waals surface area contributed by atoms with Gasteiger partial charge < -0.3 is 38.8 Å². The number of allylic oxidation sites excluding steroid dienone is 1. The molecule has 1 saturated heterocycles. The minimum atomic E-state index is -1.18. The maximum Gasteiger partial charge on any atom is 0.326 e. The summed E-state index contributed by atoms with van der Waals surface area (Å²) in [7, 11) is 4.47. The number of β-amino-alcohol motifs (C(OH)–C–C–N with tert-alkyl or cyclic N) is 1. The molecule has 4 rings (SSSR count). The fourth-order valence-corrected chi connectivity index (χ4v) is 4.14. The minimum Gasteiger partial charge on any atom is -0.493 e. The summed E-state index contributed by atoms with van der Waals surface area (Å²) < 4.78 is 27.3. The van der Waals surface area contributed by atoms with Gasteiger partial charge in [0.15, 0.2) is 23.9 Å². The Morgan fingerprint density at radius 3 is 2.42 bits per heavy atom. The molecule has 0 aromatic heterocycles. The lowest BCUT2D eigenvalue weighted by atomic mass is 10.1. The molecular formula is C25H25NO10. The summed E-state index contributed by atoms with van der Waals surface area (Å²) in [5, 5.41) is 19.0. The number of nitrogens with zero attached hydrogens (tertiary/aromatic N) is 1. The van der Waals surface area contributed by atoms with Gasteiger partial charge in [-0.2, -0.15) is 0 Å². The highest BCUT2D eigenvalue weighted by molar-refractivity contribution is 6.14. The van der Waals surface area contributed by atoms with Crippen LogP contribution in [0.3, 0.4) is 0 Å². The van der Waals surface area contributed by atoms with Gasteiger partial charge in [0.05, 0.1) is 33.0 Å². The summed E-state index contributed by atoms with van der Waals surface area (Å²) in [5.41, 5.74) is 0.907. The Balaban J connectivity index is 1.49. The van der Waals surface area contributed by atoms with E-state index in [1.165, 1.54) is 39.5 Å². The number of aliphatic hydroxyl groups is 1. The van der Waals surface area contributed by atoms with Gasteiger partial charge in [0, 0.05) is 19.0 Å². The topological polar surface area (TPSA) is 141 Å². The molecule has 36 heavy (non-hydrogen) atoms. The van der Waals surface area contributed by atoms with Crippen LogP contribution in [-0.4, -0.2) is 79.4 Å². The average Bonchev–Trinajstić information content (AvgIpc) is 3.41. The smallest absolute Gasteiger partial charge is 0.326 e. The first kappa shape index (κ1) is 24.9. The van der Waals surface area contributed by atoms with Gasteiger partial charge in [-0.25, -0.2) is 4.79 Å². The van der Waals surface area contributed by atoms with E-state index in [9.17, 15) is 24.6 Å². The molecule has 0 spiro atoms. The number of likely N-dealkylation sites (tertiary alicyclic amines) is 1. The predicted octanol–water partition coefficient (Wildman–Crippen LogP) is 1.75. The summed E-state index contributed by atoms with van der Waals surface area (Å²) in [5.74, 6) is -0.252. The second-order valence-electron chi connectivity index (χ2n) is 8.13. The predicted molar refractivity (Wildman–Crippen MR) is 125 cm³/mol. The quantitative estimate of drug-likeness (QED) is 0.516. The largest absolute Gasteiger partial charge is 0.493 e. The van der Waals surface area contributed by atoms with Crippen molar-refractivity contribution in [2.45, 2.75) is 18.6 Å². The maximum atomic E-state index is 12.9. The van der Waals surface area contributed by atoms with Crippen LogP contribution in [0.2, 0.25) is 0 Å². The number of benzene rings is 2. The number of ether oxygens (including phenoxy) is 5. The zero-order valence-electron chi connectivity index (χ0n) is 19.8. The van der Waals surface area contributed by atoms with Crippen molar-refractivity contribution in [3.8, 4) is 28.7 Å². The first-order valence-corrected chi connectivity index (χ1v) is 11.0. The molecule has 2 aromatic rings. The second-order valence-corrected chi connectivity index (χ2v) is 8.13. The number of Topliss-reactive ketones (excluding diaryl/α,β-unsaturated/α-hetero) is 1. The number of carboxylic acid groups (broad SMARTS) is 1.